The molecule has 0 aliphatic rings. The second-order valence-corrected chi connectivity index (χ2v) is 6.11. The van der Waals surface area contributed by atoms with Gasteiger partial charge >= 0.3 is 0 Å². The van der Waals surface area contributed by atoms with Gasteiger partial charge in [-0.15, -0.1) is 0 Å². The second kappa shape index (κ2) is 3.54. The van der Waals surface area contributed by atoms with Crippen LogP contribution in [-0.2, 0) is 9.84 Å². The molecule has 2 N–H and O–H groups in total. The van der Waals surface area contributed by atoms with Gasteiger partial charge in [-0.1, -0.05) is 6.92 Å². The minimum absolute atomic E-state index is 0.194. The zero-order valence-corrected chi connectivity index (χ0v) is 8.24. The molecule has 0 aliphatic carbocycles. The number of sulfone groups is 1. The fourth-order valence-electron chi connectivity index (χ4n) is 0.894. The largest absolute Gasteiger partial charge is 0.330 e. The Bertz CT molecular complexity index is 206. The van der Waals surface area contributed by atoms with Crippen molar-refractivity contribution >= 4 is 9.84 Å². The lowest BCUT2D eigenvalue weighted by molar-refractivity contribution is 0.531. The zero-order valence-electron chi connectivity index (χ0n) is 7.42. The molecule has 0 saturated carbocycles. The van der Waals surface area contributed by atoms with Crippen LogP contribution in [-0.4, -0.2) is 25.5 Å². The van der Waals surface area contributed by atoms with E-state index in [4.69, 9.17) is 5.73 Å². The number of rotatable bonds is 4. The van der Waals surface area contributed by atoms with Crippen LogP contribution in [0.2, 0.25) is 0 Å². The molecule has 0 saturated heterocycles. The van der Waals surface area contributed by atoms with Gasteiger partial charge in [0, 0.05) is 5.75 Å². The second-order valence-electron chi connectivity index (χ2n) is 3.20. The summed E-state index contributed by atoms with van der Waals surface area (Å²) < 4.78 is 22.1. The van der Waals surface area contributed by atoms with Gasteiger partial charge in [-0.3, -0.25) is 0 Å². The van der Waals surface area contributed by atoms with Crippen LogP contribution < -0.4 is 5.73 Å². The lowest BCUT2D eigenvalue weighted by atomic mass is 10.1. The standard InChI is InChI=1S/C7H17NO2S/c1-4-11(9,10)7(2,3)5-6-8/h4-6,8H2,1-3H3. The van der Waals surface area contributed by atoms with Crippen LogP contribution in [0.15, 0.2) is 0 Å². The number of hydrogen-bond donors (Lipinski definition) is 1. The first-order valence-corrected chi connectivity index (χ1v) is 5.45. The molecule has 4 heteroatoms. The van der Waals surface area contributed by atoms with Crippen molar-refractivity contribution in [3.8, 4) is 0 Å². The summed E-state index contributed by atoms with van der Waals surface area (Å²) in [6, 6.07) is 0. The van der Waals surface area contributed by atoms with Crippen molar-refractivity contribution in [2.75, 3.05) is 12.3 Å². The van der Waals surface area contributed by atoms with Crippen molar-refractivity contribution in [2.45, 2.75) is 31.9 Å². The van der Waals surface area contributed by atoms with Crippen LogP contribution >= 0.6 is 0 Å². The van der Waals surface area contributed by atoms with E-state index < -0.39 is 14.6 Å². The monoisotopic (exact) mass is 179 g/mol. The maximum atomic E-state index is 11.4. The van der Waals surface area contributed by atoms with Gasteiger partial charge in [0.1, 0.15) is 0 Å². The molecule has 0 fully saturated rings. The Morgan fingerprint density at radius 1 is 1.36 bits per heavy atom. The molecule has 0 aromatic heterocycles. The molecule has 0 amide bonds. The molecule has 0 aromatic rings. The van der Waals surface area contributed by atoms with Gasteiger partial charge in [-0.25, -0.2) is 8.42 Å². The molecule has 0 spiro atoms. The lowest BCUT2D eigenvalue weighted by Gasteiger charge is -2.22. The minimum atomic E-state index is -2.94. The summed E-state index contributed by atoms with van der Waals surface area (Å²) in [5.74, 6) is 0.194. The highest BCUT2D eigenvalue weighted by molar-refractivity contribution is 7.92. The van der Waals surface area contributed by atoms with Crippen LogP contribution in [0.1, 0.15) is 27.2 Å². The van der Waals surface area contributed by atoms with Crippen LogP contribution in [0.5, 0.6) is 0 Å². The highest BCUT2D eigenvalue weighted by Crippen LogP contribution is 2.20. The Balaban J connectivity index is 4.55. The molecule has 0 atom stereocenters. The first kappa shape index (κ1) is 10.9. The molecule has 3 nitrogen and oxygen atoms in total. The van der Waals surface area contributed by atoms with Crippen LogP contribution in [0, 0.1) is 0 Å². The van der Waals surface area contributed by atoms with Crippen LogP contribution in [0.3, 0.4) is 0 Å². The summed E-state index contributed by atoms with van der Waals surface area (Å²) in [6.45, 7) is 5.53. The Morgan fingerprint density at radius 2 is 1.82 bits per heavy atom. The third-order valence-electron chi connectivity index (χ3n) is 1.97. The van der Waals surface area contributed by atoms with Gasteiger partial charge in [0.15, 0.2) is 9.84 Å². The fourth-order valence-corrected chi connectivity index (χ4v) is 2.10. The van der Waals surface area contributed by atoms with E-state index in [1.807, 2.05) is 0 Å². The number of hydrogen-bond acceptors (Lipinski definition) is 3. The van der Waals surface area contributed by atoms with Gasteiger partial charge in [-0.05, 0) is 26.8 Å². The lowest BCUT2D eigenvalue weighted by Crippen LogP contribution is -2.35. The number of nitrogens with two attached hydrogens (primary N) is 1. The maximum Gasteiger partial charge on any atom is 0.155 e. The predicted octanol–water partition coefficient (Wildman–Crippen LogP) is 0.549. The Kier molecular flexibility index (Phi) is 3.51. The van der Waals surface area contributed by atoms with Gasteiger partial charge in [0.05, 0.1) is 4.75 Å². The minimum Gasteiger partial charge on any atom is -0.330 e. The quantitative estimate of drug-likeness (QED) is 0.685. The molecular formula is C7H17NO2S. The van der Waals surface area contributed by atoms with Crippen LogP contribution in [0.25, 0.3) is 0 Å². The van der Waals surface area contributed by atoms with Gasteiger partial charge < -0.3 is 5.73 Å². The first-order chi connectivity index (χ1) is 4.87. The predicted molar refractivity (Wildman–Crippen MR) is 47.2 cm³/mol. The van der Waals surface area contributed by atoms with Gasteiger partial charge in [-0.2, -0.15) is 0 Å². The van der Waals surface area contributed by atoms with Gasteiger partial charge in [0.2, 0.25) is 0 Å². The van der Waals surface area contributed by atoms with E-state index in [1.54, 1.807) is 20.8 Å². The van der Waals surface area contributed by atoms with E-state index in [9.17, 15) is 8.42 Å². The normalized spacial score (nSPS) is 13.5. The molecule has 0 bridgehead atoms. The summed E-state index contributed by atoms with van der Waals surface area (Å²) >= 11 is 0. The van der Waals surface area contributed by atoms with E-state index in [1.165, 1.54) is 0 Å². The summed E-state index contributed by atoms with van der Waals surface area (Å²) in [4.78, 5) is 0. The Hall–Kier alpha value is -0.0900. The topological polar surface area (TPSA) is 60.2 Å². The van der Waals surface area contributed by atoms with E-state index in [-0.39, 0.29) is 5.75 Å². The molecule has 0 aliphatic heterocycles. The summed E-state index contributed by atoms with van der Waals surface area (Å²) in [6.07, 6.45) is 0.531. The molecule has 68 valence electrons. The summed E-state index contributed by atoms with van der Waals surface area (Å²) in [5, 5.41) is 0. The first-order valence-electron chi connectivity index (χ1n) is 3.80. The third-order valence-corrected chi connectivity index (χ3v) is 4.62. The Labute approximate surface area is 68.9 Å². The fraction of sp³-hybridized carbons (Fsp3) is 1.00. The SMILES string of the molecule is CCS(=O)(=O)C(C)(C)CCN. The van der Waals surface area contributed by atoms with Crippen molar-refractivity contribution in [3.63, 3.8) is 0 Å². The van der Waals surface area contributed by atoms with Crippen molar-refractivity contribution < 1.29 is 8.42 Å². The zero-order chi connectivity index (χ0) is 9.12. The van der Waals surface area contributed by atoms with Crippen molar-refractivity contribution in [3.05, 3.63) is 0 Å². The van der Waals surface area contributed by atoms with Crippen molar-refractivity contribution in [1.82, 2.24) is 0 Å². The Morgan fingerprint density at radius 3 is 2.09 bits per heavy atom. The average Bonchev–Trinajstić information content (AvgIpc) is 1.87. The molecule has 0 heterocycles. The highest BCUT2D eigenvalue weighted by Gasteiger charge is 2.31. The smallest absolute Gasteiger partial charge is 0.155 e. The molecule has 0 aromatic carbocycles. The van der Waals surface area contributed by atoms with Crippen molar-refractivity contribution in [1.29, 1.82) is 0 Å². The molecular weight excluding hydrogens is 162 g/mol. The van der Waals surface area contributed by atoms with Crippen molar-refractivity contribution in [2.24, 2.45) is 5.73 Å². The van der Waals surface area contributed by atoms with E-state index in [0.717, 1.165) is 0 Å². The average molecular weight is 179 g/mol. The molecule has 0 rings (SSSR count). The van der Waals surface area contributed by atoms with E-state index >= 15 is 0 Å². The highest BCUT2D eigenvalue weighted by atomic mass is 32.2. The van der Waals surface area contributed by atoms with Gasteiger partial charge in [0.25, 0.3) is 0 Å². The molecule has 0 unspecified atom stereocenters. The summed E-state index contributed by atoms with van der Waals surface area (Å²) in [7, 11) is -2.94. The third kappa shape index (κ3) is 2.45. The van der Waals surface area contributed by atoms with E-state index in [2.05, 4.69) is 0 Å². The molecule has 11 heavy (non-hydrogen) atoms. The summed E-state index contributed by atoms with van der Waals surface area (Å²) in [5.41, 5.74) is 5.30. The van der Waals surface area contributed by atoms with Crippen LogP contribution in [0.4, 0.5) is 0 Å². The van der Waals surface area contributed by atoms with E-state index in [0.29, 0.717) is 13.0 Å². The maximum absolute atomic E-state index is 11.4. The molecule has 0 radical (unpaired) electrons.